The van der Waals surface area contributed by atoms with Crippen molar-refractivity contribution in [2.24, 2.45) is 0 Å². The molecule has 3 rings (SSSR count). The van der Waals surface area contributed by atoms with Crippen LogP contribution < -0.4 is 5.32 Å². The first kappa shape index (κ1) is 18.1. The molecule has 0 atom stereocenters. The van der Waals surface area contributed by atoms with Gasteiger partial charge in [0.15, 0.2) is 0 Å². The third kappa shape index (κ3) is 3.80. The van der Waals surface area contributed by atoms with E-state index in [-0.39, 0.29) is 11.4 Å². The first-order valence-electron chi connectivity index (χ1n) is 7.64. The lowest BCUT2D eigenvalue weighted by Crippen LogP contribution is -2.14. The van der Waals surface area contributed by atoms with Crippen molar-refractivity contribution in [1.82, 2.24) is 4.98 Å². The van der Waals surface area contributed by atoms with Gasteiger partial charge in [0.2, 0.25) is 0 Å². The number of nitro groups is 2. The zero-order valence-corrected chi connectivity index (χ0v) is 14.7. The number of non-ortho nitro benzene ring substituents is 1. The minimum atomic E-state index is -0.785. The number of anilines is 1. The van der Waals surface area contributed by atoms with Gasteiger partial charge in [0.25, 0.3) is 17.3 Å². The first-order chi connectivity index (χ1) is 12.9. The number of aryl methyl sites for hydroxylation is 1. The van der Waals surface area contributed by atoms with E-state index in [4.69, 9.17) is 0 Å². The van der Waals surface area contributed by atoms with E-state index in [0.29, 0.717) is 9.88 Å². The summed E-state index contributed by atoms with van der Waals surface area (Å²) in [5.41, 5.74) is -0.206. The van der Waals surface area contributed by atoms with Gasteiger partial charge < -0.3 is 5.32 Å². The van der Waals surface area contributed by atoms with Crippen LogP contribution in [-0.4, -0.2) is 20.7 Å². The molecule has 0 bridgehead atoms. The molecular weight excluding hydrogens is 372 g/mol. The molecule has 1 heterocycles. The Balaban J connectivity index is 1.98. The summed E-state index contributed by atoms with van der Waals surface area (Å²) in [6, 6.07) is 12.2. The predicted octanol–water partition coefficient (Wildman–Crippen LogP) is 4.19. The SMILES string of the molecule is Cc1nc(C(=O)Nc2ccc([N+](=O)[O-])cc2[N+](=O)[O-])c(-c2ccccc2)s1. The third-order valence-electron chi connectivity index (χ3n) is 3.62. The van der Waals surface area contributed by atoms with E-state index in [1.54, 1.807) is 6.92 Å². The van der Waals surface area contributed by atoms with Gasteiger partial charge in [-0.25, -0.2) is 4.98 Å². The highest BCUT2D eigenvalue weighted by Crippen LogP contribution is 2.33. The maximum absolute atomic E-state index is 12.7. The average molecular weight is 384 g/mol. The number of rotatable bonds is 5. The fourth-order valence-electron chi connectivity index (χ4n) is 2.44. The van der Waals surface area contributed by atoms with Crippen LogP contribution in [0.25, 0.3) is 10.4 Å². The fourth-order valence-corrected chi connectivity index (χ4v) is 3.36. The number of amides is 1. The largest absolute Gasteiger partial charge is 0.315 e. The second kappa shape index (κ2) is 7.30. The van der Waals surface area contributed by atoms with E-state index < -0.39 is 27.1 Å². The second-order valence-corrected chi connectivity index (χ2v) is 6.65. The van der Waals surface area contributed by atoms with Crippen molar-refractivity contribution in [2.45, 2.75) is 6.92 Å². The Morgan fingerprint density at radius 3 is 2.41 bits per heavy atom. The Labute approximate surface area is 156 Å². The summed E-state index contributed by atoms with van der Waals surface area (Å²) in [5.74, 6) is -0.629. The van der Waals surface area contributed by atoms with Crippen molar-refractivity contribution in [3.05, 3.63) is 79.5 Å². The number of nitrogens with zero attached hydrogens (tertiary/aromatic N) is 3. The number of hydrogen-bond donors (Lipinski definition) is 1. The molecule has 10 heteroatoms. The van der Waals surface area contributed by atoms with E-state index in [9.17, 15) is 25.0 Å². The van der Waals surface area contributed by atoms with Crippen LogP contribution in [0.4, 0.5) is 17.1 Å². The fraction of sp³-hybridized carbons (Fsp3) is 0.0588. The monoisotopic (exact) mass is 384 g/mol. The van der Waals surface area contributed by atoms with Gasteiger partial charge in [0.1, 0.15) is 11.4 Å². The summed E-state index contributed by atoms with van der Waals surface area (Å²) in [5, 5.41) is 25.2. The van der Waals surface area contributed by atoms with Crippen molar-refractivity contribution in [3.63, 3.8) is 0 Å². The summed E-state index contributed by atoms with van der Waals surface area (Å²) in [4.78, 5) is 38.1. The van der Waals surface area contributed by atoms with Crippen LogP contribution in [0.15, 0.2) is 48.5 Å². The van der Waals surface area contributed by atoms with Gasteiger partial charge in [-0.3, -0.25) is 25.0 Å². The van der Waals surface area contributed by atoms with E-state index in [0.717, 1.165) is 23.8 Å². The molecule has 9 nitrogen and oxygen atoms in total. The normalized spacial score (nSPS) is 10.4. The second-order valence-electron chi connectivity index (χ2n) is 5.45. The van der Waals surface area contributed by atoms with Crippen molar-refractivity contribution < 1.29 is 14.6 Å². The number of aromatic nitrogens is 1. The molecule has 0 aliphatic rings. The van der Waals surface area contributed by atoms with E-state index >= 15 is 0 Å². The molecule has 0 fully saturated rings. The Bertz CT molecular complexity index is 1050. The number of benzene rings is 2. The van der Waals surface area contributed by atoms with E-state index in [1.165, 1.54) is 11.3 Å². The van der Waals surface area contributed by atoms with Crippen LogP contribution in [0, 0.1) is 27.2 Å². The first-order valence-corrected chi connectivity index (χ1v) is 8.45. The van der Waals surface area contributed by atoms with Crippen molar-refractivity contribution in [3.8, 4) is 10.4 Å². The number of nitro benzene ring substituents is 2. The molecule has 0 unspecified atom stereocenters. The van der Waals surface area contributed by atoms with Gasteiger partial charge in [-0.1, -0.05) is 30.3 Å². The van der Waals surface area contributed by atoms with Gasteiger partial charge >= 0.3 is 0 Å². The minimum absolute atomic E-state index is 0.136. The van der Waals surface area contributed by atoms with Crippen LogP contribution >= 0.6 is 11.3 Å². The molecule has 0 aliphatic carbocycles. The molecule has 1 aromatic heterocycles. The Morgan fingerprint density at radius 1 is 1.07 bits per heavy atom. The number of carbonyl (C=O) groups is 1. The highest BCUT2D eigenvalue weighted by atomic mass is 32.1. The summed E-state index contributed by atoms with van der Waals surface area (Å²) in [6.07, 6.45) is 0. The van der Waals surface area contributed by atoms with Crippen molar-refractivity contribution >= 4 is 34.3 Å². The smallest absolute Gasteiger partial charge is 0.299 e. The van der Waals surface area contributed by atoms with Crippen LogP contribution in [0.5, 0.6) is 0 Å². The molecule has 0 aliphatic heterocycles. The number of carbonyl (C=O) groups excluding carboxylic acids is 1. The molecule has 1 N–H and O–H groups in total. The zero-order chi connectivity index (χ0) is 19.6. The maximum Gasteiger partial charge on any atom is 0.299 e. The quantitative estimate of drug-likeness (QED) is 0.519. The number of nitrogens with one attached hydrogen (secondary N) is 1. The summed E-state index contributed by atoms with van der Waals surface area (Å²) in [7, 11) is 0. The summed E-state index contributed by atoms with van der Waals surface area (Å²) in [6.45, 7) is 1.75. The Kier molecular flexibility index (Phi) is 4.90. The summed E-state index contributed by atoms with van der Waals surface area (Å²) < 4.78 is 0. The lowest BCUT2D eigenvalue weighted by molar-refractivity contribution is -0.393. The Hall–Kier alpha value is -3.66. The minimum Gasteiger partial charge on any atom is -0.315 e. The molecule has 1 amide bonds. The van der Waals surface area contributed by atoms with Crippen LogP contribution in [0.2, 0.25) is 0 Å². The molecule has 0 saturated heterocycles. The Morgan fingerprint density at radius 2 is 1.78 bits per heavy atom. The highest BCUT2D eigenvalue weighted by Gasteiger charge is 2.24. The van der Waals surface area contributed by atoms with Crippen LogP contribution in [0.1, 0.15) is 15.5 Å². The van der Waals surface area contributed by atoms with E-state index in [1.807, 2.05) is 30.3 Å². The van der Waals surface area contributed by atoms with Crippen LogP contribution in [-0.2, 0) is 0 Å². The molecular formula is C17H12N4O5S. The molecule has 0 saturated carbocycles. The molecule has 0 spiro atoms. The molecule has 27 heavy (non-hydrogen) atoms. The average Bonchev–Trinajstić information content (AvgIpc) is 3.04. The predicted molar refractivity (Wildman–Crippen MR) is 100.0 cm³/mol. The van der Waals surface area contributed by atoms with Gasteiger partial charge in [0, 0.05) is 6.07 Å². The lowest BCUT2D eigenvalue weighted by atomic mass is 10.1. The van der Waals surface area contributed by atoms with Crippen LogP contribution in [0.3, 0.4) is 0 Å². The lowest BCUT2D eigenvalue weighted by Gasteiger charge is -2.06. The summed E-state index contributed by atoms with van der Waals surface area (Å²) >= 11 is 1.33. The van der Waals surface area contributed by atoms with Gasteiger partial charge in [-0.05, 0) is 18.6 Å². The van der Waals surface area contributed by atoms with Crippen molar-refractivity contribution in [1.29, 1.82) is 0 Å². The van der Waals surface area contributed by atoms with Crippen molar-refractivity contribution in [2.75, 3.05) is 5.32 Å². The number of hydrogen-bond acceptors (Lipinski definition) is 7. The topological polar surface area (TPSA) is 128 Å². The van der Waals surface area contributed by atoms with Gasteiger partial charge in [-0.15, -0.1) is 11.3 Å². The molecule has 136 valence electrons. The van der Waals surface area contributed by atoms with E-state index in [2.05, 4.69) is 10.3 Å². The molecule has 3 aromatic rings. The molecule has 2 aromatic carbocycles. The highest BCUT2D eigenvalue weighted by molar-refractivity contribution is 7.15. The zero-order valence-electron chi connectivity index (χ0n) is 13.9. The number of thiazole rings is 1. The third-order valence-corrected chi connectivity index (χ3v) is 4.64. The maximum atomic E-state index is 12.7. The standard InChI is InChI=1S/C17H12N4O5S/c1-10-18-15(16(27-10)11-5-3-2-4-6-11)17(22)19-13-8-7-12(20(23)24)9-14(13)21(25)26/h2-9H,1H3,(H,19,22). The van der Waals surface area contributed by atoms with Gasteiger partial charge in [-0.2, -0.15) is 0 Å². The van der Waals surface area contributed by atoms with Gasteiger partial charge in [0.05, 0.1) is 25.8 Å². The molecule has 0 radical (unpaired) electrons.